The number of ether oxygens (including phenoxy) is 1. The maximum Gasteiger partial charge on any atom is 0.328 e. The van der Waals surface area contributed by atoms with Gasteiger partial charge in [0.15, 0.2) is 0 Å². The third-order valence-corrected chi connectivity index (χ3v) is 1.90. The Labute approximate surface area is 92.9 Å². The van der Waals surface area contributed by atoms with Crippen LogP contribution in [0.1, 0.15) is 6.92 Å². The zero-order valence-electron chi connectivity index (χ0n) is 8.24. The lowest BCUT2D eigenvalue weighted by atomic mass is 10.3. The molecule has 0 bridgehead atoms. The molecule has 0 aliphatic carbocycles. The molecule has 1 aromatic carbocycles. The van der Waals surface area contributed by atoms with Crippen molar-refractivity contribution in [3.05, 3.63) is 40.9 Å². The zero-order valence-corrected chi connectivity index (χ0v) is 8.99. The van der Waals surface area contributed by atoms with Crippen molar-refractivity contribution < 1.29 is 14.6 Å². The van der Waals surface area contributed by atoms with Gasteiger partial charge in [-0.05, 0) is 36.8 Å². The Morgan fingerprint density at radius 3 is 2.60 bits per heavy atom. The lowest BCUT2D eigenvalue weighted by Crippen LogP contribution is -2.01. The van der Waals surface area contributed by atoms with Gasteiger partial charge in [-0.1, -0.05) is 11.6 Å². The molecule has 1 rings (SSSR count). The normalized spacial score (nSPS) is 11.2. The van der Waals surface area contributed by atoms with E-state index in [1.54, 1.807) is 31.2 Å². The van der Waals surface area contributed by atoms with Gasteiger partial charge in [0.05, 0.1) is 0 Å². The second kappa shape index (κ2) is 5.41. The summed E-state index contributed by atoms with van der Waals surface area (Å²) in [7, 11) is 0. The number of carbonyl (C=O) groups is 1. The fourth-order valence-corrected chi connectivity index (χ4v) is 1.11. The summed E-state index contributed by atoms with van der Waals surface area (Å²) in [6, 6.07) is 6.90. The highest BCUT2D eigenvalue weighted by Crippen LogP contribution is 2.15. The summed E-state index contributed by atoms with van der Waals surface area (Å²) >= 11 is 5.70. The number of rotatable bonds is 4. The van der Waals surface area contributed by atoms with Crippen LogP contribution < -0.4 is 4.74 Å². The second-order valence-corrected chi connectivity index (χ2v) is 3.51. The molecule has 0 heterocycles. The van der Waals surface area contributed by atoms with E-state index in [4.69, 9.17) is 21.4 Å². The fourth-order valence-electron chi connectivity index (χ4n) is 0.980. The molecule has 0 saturated heterocycles. The summed E-state index contributed by atoms with van der Waals surface area (Å²) in [6.45, 7) is 1.96. The number of aliphatic carboxylic acids is 1. The zero-order chi connectivity index (χ0) is 11.3. The van der Waals surface area contributed by atoms with Gasteiger partial charge in [0, 0.05) is 11.1 Å². The van der Waals surface area contributed by atoms with Crippen LogP contribution in [0.2, 0.25) is 5.02 Å². The maximum atomic E-state index is 10.3. The van der Waals surface area contributed by atoms with Gasteiger partial charge in [-0.3, -0.25) is 0 Å². The Kier molecular flexibility index (Phi) is 4.18. The predicted molar refractivity (Wildman–Crippen MR) is 58.3 cm³/mol. The van der Waals surface area contributed by atoms with E-state index in [0.29, 0.717) is 16.3 Å². The van der Waals surface area contributed by atoms with Crippen LogP contribution in [0.5, 0.6) is 5.75 Å². The lowest BCUT2D eigenvalue weighted by Gasteiger charge is -2.05. The number of carboxylic acids is 1. The smallest absolute Gasteiger partial charge is 0.328 e. The Morgan fingerprint density at radius 1 is 1.47 bits per heavy atom. The topological polar surface area (TPSA) is 46.5 Å². The van der Waals surface area contributed by atoms with E-state index < -0.39 is 5.97 Å². The van der Waals surface area contributed by atoms with Crippen molar-refractivity contribution in [1.29, 1.82) is 0 Å². The van der Waals surface area contributed by atoms with E-state index in [9.17, 15) is 4.79 Å². The standard InChI is InChI=1S/C11H11ClO3/c1-8(6-11(13)14)7-15-10-4-2-9(12)3-5-10/h2-6H,7H2,1H3,(H,13,14)/b8-6+. The van der Waals surface area contributed by atoms with Gasteiger partial charge in [-0.2, -0.15) is 0 Å². The highest BCUT2D eigenvalue weighted by molar-refractivity contribution is 6.30. The Bertz CT molecular complexity index is 368. The molecule has 0 atom stereocenters. The lowest BCUT2D eigenvalue weighted by molar-refractivity contribution is -0.131. The third-order valence-electron chi connectivity index (χ3n) is 1.65. The monoisotopic (exact) mass is 226 g/mol. The quantitative estimate of drug-likeness (QED) is 0.803. The van der Waals surface area contributed by atoms with Crippen LogP contribution >= 0.6 is 11.6 Å². The van der Waals surface area contributed by atoms with Crippen LogP contribution in [0.4, 0.5) is 0 Å². The Morgan fingerprint density at radius 2 is 2.07 bits per heavy atom. The molecule has 0 saturated carbocycles. The van der Waals surface area contributed by atoms with E-state index in [0.717, 1.165) is 6.08 Å². The minimum Gasteiger partial charge on any atom is -0.489 e. The molecule has 3 nitrogen and oxygen atoms in total. The number of hydrogen-bond donors (Lipinski definition) is 1. The first-order chi connectivity index (χ1) is 7.08. The highest BCUT2D eigenvalue weighted by atomic mass is 35.5. The van der Waals surface area contributed by atoms with Crippen LogP contribution in [0.3, 0.4) is 0 Å². The average Bonchev–Trinajstić information content (AvgIpc) is 2.16. The van der Waals surface area contributed by atoms with Crippen LogP contribution in [-0.2, 0) is 4.79 Å². The summed E-state index contributed by atoms with van der Waals surface area (Å²) in [5, 5.41) is 9.11. The van der Waals surface area contributed by atoms with Crippen LogP contribution in [0.25, 0.3) is 0 Å². The molecule has 1 aromatic rings. The Balaban J connectivity index is 2.50. The summed E-state index contributed by atoms with van der Waals surface area (Å²) in [5.74, 6) is -0.301. The predicted octanol–water partition coefficient (Wildman–Crippen LogP) is 2.75. The SMILES string of the molecule is C/C(=C\C(=O)O)COc1ccc(Cl)cc1. The molecule has 80 valence electrons. The van der Waals surface area contributed by atoms with E-state index >= 15 is 0 Å². The molecule has 0 aliphatic rings. The van der Waals surface area contributed by atoms with Crippen molar-refractivity contribution in [3.8, 4) is 5.75 Å². The van der Waals surface area contributed by atoms with Gasteiger partial charge in [0.1, 0.15) is 12.4 Å². The molecule has 0 aromatic heterocycles. The van der Waals surface area contributed by atoms with E-state index in [1.807, 2.05) is 0 Å². The first kappa shape index (κ1) is 11.6. The van der Waals surface area contributed by atoms with Gasteiger partial charge < -0.3 is 9.84 Å². The maximum absolute atomic E-state index is 10.3. The number of halogens is 1. The molecule has 1 N–H and O–H groups in total. The molecule has 0 radical (unpaired) electrons. The molecule has 0 spiro atoms. The van der Waals surface area contributed by atoms with Crippen molar-refractivity contribution in [3.63, 3.8) is 0 Å². The molecule has 4 heteroatoms. The minimum absolute atomic E-state index is 0.258. The van der Waals surface area contributed by atoms with Crippen LogP contribution in [0, 0.1) is 0 Å². The van der Waals surface area contributed by atoms with Gasteiger partial charge in [-0.25, -0.2) is 4.79 Å². The molecular weight excluding hydrogens is 216 g/mol. The molecule has 0 amide bonds. The average molecular weight is 227 g/mol. The van der Waals surface area contributed by atoms with Crippen molar-refractivity contribution in [2.45, 2.75) is 6.92 Å². The number of benzene rings is 1. The van der Waals surface area contributed by atoms with Gasteiger partial charge in [0.2, 0.25) is 0 Å². The van der Waals surface area contributed by atoms with E-state index in [1.165, 1.54) is 0 Å². The number of hydrogen-bond acceptors (Lipinski definition) is 2. The van der Waals surface area contributed by atoms with Crippen molar-refractivity contribution in [2.24, 2.45) is 0 Å². The number of carboxylic acid groups (broad SMARTS) is 1. The fraction of sp³-hybridized carbons (Fsp3) is 0.182. The molecule has 0 fully saturated rings. The van der Waals surface area contributed by atoms with Crippen molar-refractivity contribution >= 4 is 17.6 Å². The highest BCUT2D eigenvalue weighted by Gasteiger charge is 1.97. The Hall–Kier alpha value is -1.48. The molecule has 0 aliphatic heterocycles. The summed E-state index contributed by atoms with van der Waals surface area (Å²) in [4.78, 5) is 10.3. The van der Waals surface area contributed by atoms with Gasteiger partial charge in [-0.15, -0.1) is 0 Å². The van der Waals surface area contributed by atoms with Gasteiger partial charge >= 0.3 is 5.97 Å². The van der Waals surface area contributed by atoms with E-state index in [2.05, 4.69) is 0 Å². The largest absolute Gasteiger partial charge is 0.489 e. The first-order valence-corrected chi connectivity index (χ1v) is 4.74. The van der Waals surface area contributed by atoms with Crippen molar-refractivity contribution in [2.75, 3.05) is 6.61 Å². The van der Waals surface area contributed by atoms with Crippen LogP contribution in [0.15, 0.2) is 35.9 Å². The second-order valence-electron chi connectivity index (χ2n) is 3.07. The van der Waals surface area contributed by atoms with E-state index in [-0.39, 0.29) is 6.61 Å². The third kappa shape index (κ3) is 4.51. The van der Waals surface area contributed by atoms with Crippen molar-refractivity contribution in [1.82, 2.24) is 0 Å². The summed E-state index contributed by atoms with van der Waals surface area (Å²) in [5.41, 5.74) is 0.650. The molecule has 15 heavy (non-hydrogen) atoms. The summed E-state index contributed by atoms with van der Waals surface area (Å²) in [6.07, 6.45) is 1.12. The first-order valence-electron chi connectivity index (χ1n) is 4.36. The van der Waals surface area contributed by atoms with Crippen LogP contribution in [-0.4, -0.2) is 17.7 Å². The molecular formula is C11H11ClO3. The minimum atomic E-state index is -0.966. The molecule has 0 unspecified atom stereocenters. The van der Waals surface area contributed by atoms with Gasteiger partial charge in [0.25, 0.3) is 0 Å². The summed E-state index contributed by atoms with van der Waals surface area (Å²) < 4.78 is 5.33.